The second-order valence-corrected chi connectivity index (χ2v) is 6.72. The first-order chi connectivity index (χ1) is 10.2. The molecule has 0 unspecified atom stereocenters. The zero-order chi connectivity index (χ0) is 15.1. The lowest BCUT2D eigenvalue weighted by Crippen LogP contribution is -2.28. The number of H-pyrrole nitrogens is 1. The molecule has 0 bridgehead atoms. The Bertz CT molecular complexity index is 539. The highest BCUT2D eigenvalue weighted by molar-refractivity contribution is 9.10. The largest absolute Gasteiger partial charge is 0.361 e. The number of benzene rings is 1. The molecule has 0 spiro atoms. The number of halogens is 1. The summed E-state index contributed by atoms with van der Waals surface area (Å²) >= 11 is 3.58. The van der Waals surface area contributed by atoms with Crippen LogP contribution in [-0.4, -0.2) is 29.5 Å². The molecule has 1 N–H and O–H groups in total. The van der Waals surface area contributed by atoms with E-state index in [2.05, 4.69) is 64.1 Å². The van der Waals surface area contributed by atoms with Crippen molar-refractivity contribution in [2.24, 2.45) is 0 Å². The van der Waals surface area contributed by atoms with Gasteiger partial charge in [-0.05, 0) is 56.1 Å². The van der Waals surface area contributed by atoms with E-state index in [1.165, 1.54) is 61.8 Å². The number of aromatic amines is 1. The van der Waals surface area contributed by atoms with Gasteiger partial charge in [-0.3, -0.25) is 0 Å². The molecule has 0 amide bonds. The van der Waals surface area contributed by atoms with Crippen molar-refractivity contribution in [2.75, 3.05) is 19.6 Å². The van der Waals surface area contributed by atoms with Gasteiger partial charge in [0.1, 0.15) is 0 Å². The van der Waals surface area contributed by atoms with E-state index in [1.54, 1.807) is 0 Å². The molecule has 0 radical (unpaired) electrons. The third-order valence-electron chi connectivity index (χ3n) is 4.08. The van der Waals surface area contributed by atoms with E-state index >= 15 is 0 Å². The topological polar surface area (TPSA) is 19.0 Å². The van der Waals surface area contributed by atoms with Crippen LogP contribution in [0.5, 0.6) is 0 Å². The average molecular weight is 351 g/mol. The Kier molecular flexibility index (Phi) is 6.78. The van der Waals surface area contributed by atoms with Crippen LogP contribution >= 0.6 is 15.9 Å². The molecule has 2 nitrogen and oxygen atoms in total. The SMILES string of the molecule is CCCCN(CCCC)CCc1c[nH]c2ccc(Br)cc12. The second-order valence-electron chi connectivity index (χ2n) is 5.80. The van der Waals surface area contributed by atoms with Gasteiger partial charge >= 0.3 is 0 Å². The highest BCUT2D eigenvalue weighted by Gasteiger charge is 2.08. The maximum atomic E-state index is 3.58. The molecule has 1 heterocycles. The van der Waals surface area contributed by atoms with Gasteiger partial charge in [-0.1, -0.05) is 42.6 Å². The summed E-state index contributed by atoms with van der Waals surface area (Å²) in [6.07, 6.45) is 8.48. The van der Waals surface area contributed by atoms with Gasteiger partial charge < -0.3 is 9.88 Å². The highest BCUT2D eigenvalue weighted by Crippen LogP contribution is 2.23. The van der Waals surface area contributed by atoms with Gasteiger partial charge in [-0.2, -0.15) is 0 Å². The number of aromatic nitrogens is 1. The lowest BCUT2D eigenvalue weighted by atomic mass is 10.1. The number of nitrogens with zero attached hydrogens (tertiary/aromatic N) is 1. The van der Waals surface area contributed by atoms with Crippen molar-refractivity contribution < 1.29 is 0 Å². The Labute approximate surface area is 137 Å². The number of hydrogen-bond donors (Lipinski definition) is 1. The van der Waals surface area contributed by atoms with Crippen LogP contribution in [0.1, 0.15) is 45.1 Å². The summed E-state index contributed by atoms with van der Waals surface area (Å²) in [4.78, 5) is 6.01. The molecule has 1 aromatic carbocycles. The van der Waals surface area contributed by atoms with Crippen LogP contribution in [0.15, 0.2) is 28.9 Å². The van der Waals surface area contributed by atoms with Gasteiger partial charge in [0.2, 0.25) is 0 Å². The van der Waals surface area contributed by atoms with Crippen molar-refractivity contribution in [3.8, 4) is 0 Å². The van der Waals surface area contributed by atoms with E-state index in [1.807, 2.05) is 0 Å². The van der Waals surface area contributed by atoms with Gasteiger partial charge in [0.05, 0.1) is 0 Å². The van der Waals surface area contributed by atoms with Crippen LogP contribution in [0.3, 0.4) is 0 Å². The molecule has 0 saturated carbocycles. The molecule has 0 fully saturated rings. The summed E-state index contributed by atoms with van der Waals surface area (Å²) < 4.78 is 1.16. The summed E-state index contributed by atoms with van der Waals surface area (Å²) in [5.41, 5.74) is 2.67. The van der Waals surface area contributed by atoms with Gasteiger partial charge in [0.15, 0.2) is 0 Å². The van der Waals surface area contributed by atoms with Crippen LogP contribution in [0, 0.1) is 0 Å². The highest BCUT2D eigenvalue weighted by atomic mass is 79.9. The zero-order valence-electron chi connectivity index (χ0n) is 13.3. The summed E-state index contributed by atoms with van der Waals surface area (Å²) in [6.45, 7) is 8.19. The fourth-order valence-corrected chi connectivity index (χ4v) is 3.10. The number of fused-ring (bicyclic) bond motifs is 1. The maximum Gasteiger partial charge on any atom is 0.0457 e. The van der Waals surface area contributed by atoms with Crippen LogP contribution in [0.25, 0.3) is 10.9 Å². The summed E-state index contributed by atoms with van der Waals surface area (Å²) in [5.74, 6) is 0. The fraction of sp³-hybridized carbons (Fsp3) is 0.556. The Morgan fingerprint density at radius 3 is 2.43 bits per heavy atom. The average Bonchev–Trinajstić information content (AvgIpc) is 2.89. The summed E-state index contributed by atoms with van der Waals surface area (Å²) in [6, 6.07) is 6.47. The van der Waals surface area contributed by atoms with E-state index in [9.17, 15) is 0 Å². The number of unbranched alkanes of at least 4 members (excludes halogenated alkanes) is 2. The number of rotatable bonds is 9. The monoisotopic (exact) mass is 350 g/mol. The van der Waals surface area contributed by atoms with Crippen LogP contribution in [0.4, 0.5) is 0 Å². The number of hydrogen-bond acceptors (Lipinski definition) is 1. The first kappa shape index (κ1) is 16.6. The third-order valence-corrected chi connectivity index (χ3v) is 4.58. The van der Waals surface area contributed by atoms with Crippen molar-refractivity contribution in [1.29, 1.82) is 0 Å². The van der Waals surface area contributed by atoms with E-state index in [0.29, 0.717) is 0 Å². The number of nitrogens with one attached hydrogen (secondary N) is 1. The van der Waals surface area contributed by atoms with Crippen LogP contribution < -0.4 is 0 Å². The first-order valence-electron chi connectivity index (χ1n) is 8.22. The normalized spacial score (nSPS) is 11.6. The van der Waals surface area contributed by atoms with E-state index in [4.69, 9.17) is 0 Å². The Hall–Kier alpha value is -0.800. The third kappa shape index (κ3) is 4.86. The Morgan fingerprint density at radius 1 is 1.05 bits per heavy atom. The quantitative estimate of drug-likeness (QED) is 0.643. The smallest absolute Gasteiger partial charge is 0.0457 e. The molecular weight excluding hydrogens is 324 g/mol. The second kappa shape index (κ2) is 8.60. The lowest BCUT2D eigenvalue weighted by molar-refractivity contribution is 0.268. The van der Waals surface area contributed by atoms with Crippen molar-refractivity contribution in [3.63, 3.8) is 0 Å². The van der Waals surface area contributed by atoms with E-state index in [-0.39, 0.29) is 0 Å². The van der Waals surface area contributed by atoms with Crippen molar-refractivity contribution in [3.05, 3.63) is 34.4 Å². The first-order valence-corrected chi connectivity index (χ1v) is 9.01. The van der Waals surface area contributed by atoms with Gasteiger partial charge in [-0.25, -0.2) is 0 Å². The molecule has 0 atom stereocenters. The maximum absolute atomic E-state index is 3.58. The Balaban J connectivity index is 1.99. The van der Waals surface area contributed by atoms with Crippen LogP contribution in [-0.2, 0) is 6.42 Å². The summed E-state index contributed by atoms with van der Waals surface area (Å²) in [7, 11) is 0. The van der Waals surface area contributed by atoms with Gasteiger partial charge in [-0.15, -0.1) is 0 Å². The minimum absolute atomic E-state index is 1.13. The van der Waals surface area contributed by atoms with Gasteiger partial charge in [0, 0.05) is 28.1 Å². The molecule has 21 heavy (non-hydrogen) atoms. The summed E-state index contributed by atoms with van der Waals surface area (Å²) in [5, 5.41) is 1.36. The van der Waals surface area contributed by atoms with E-state index < -0.39 is 0 Å². The van der Waals surface area contributed by atoms with Crippen LogP contribution in [0.2, 0.25) is 0 Å². The zero-order valence-corrected chi connectivity index (χ0v) is 14.9. The van der Waals surface area contributed by atoms with Crippen molar-refractivity contribution >= 4 is 26.8 Å². The molecule has 0 aliphatic heterocycles. The molecule has 2 rings (SSSR count). The lowest BCUT2D eigenvalue weighted by Gasteiger charge is -2.21. The molecule has 116 valence electrons. The van der Waals surface area contributed by atoms with E-state index in [0.717, 1.165) is 10.9 Å². The van der Waals surface area contributed by atoms with Gasteiger partial charge in [0.25, 0.3) is 0 Å². The molecule has 0 aliphatic carbocycles. The molecule has 2 aromatic rings. The molecule has 0 saturated heterocycles. The molecule has 0 aliphatic rings. The molecule has 3 heteroatoms. The Morgan fingerprint density at radius 2 is 1.76 bits per heavy atom. The molecule has 1 aromatic heterocycles. The van der Waals surface area contributed by atoms with Crippen molar-refractivity contribution in [1.82, 2.24) is 9.88 Å². The predicted molar refractivity (Wildman–Crippen MR) is 96.0 cm³/mol. The standard InChI is InChI=1S/C18H27BrN2/c1-3-5-10-21(11-6-4-2)12-9-15-14-20-18-8-7-16(19)13-17(15)18/h7-8,13-14,20H,3-6,9-12H2,1-2H3. The minimum atomic E-state index is 1.13. The fourth-order valence-electron chi connectivity index (χ4n) is 2.73. The van der Waals surface area contributed by atoms with Crippen molar-refractivity contribution in [2.45, 2.75) is 46.0 Å². The molecular formula is C18H27BrN2. The predicted octanol–water partition coefficient (Wildman–Crippen LogP) is 5.38. The minimum Gasteiger partial charge on any atom is -0.361 e.